The van der Waals surface area contributed by atoms with Crippen LogP contribution in [0.3, 0.4) is 0 Å². The van der Waals surface area contributed by atoms with Gasteiger partial charge in [0.2, 0.25) is 5.91 Å². The Morgan fingerprint density at radius 2 is 1.84 bits per heavy atom. The first-order valence-corrected chi connectivity index (χ1v) is 11.2. The molecule has 0 bridgehead atoms. The van der Waals surface area contributed by atoms with E-state index in [-0.39, 0.29) is 30.8 Å². The van der Waals surface area contributed by atoms with Crippen LogP contribution in [0.25, 0.3) is 10.9 Å². The first kappa shape index (κ1) is 24.3. The summed E-state index contributed by atoms with van der Waals surface area (Å²) in [6, 6.07) is 8.20. The summed E-state index contributed by atoms with van der Waals surface area (Å²) in [5.74, 6) is -0.131. The number of benzene rings is 1. The normalized spacial score (nSPS) is 18.3. The molecule has 0 saturated carbocycles. The van der Waals surface area contributed by atoms with Gasteiger partial charge in [-0.2, -0.15) is 0 Å². The summed E-state index contributed by atoms with van der Waals surface area (Å²) in [6.07, 6.45) is 5.94. The summed E-state index contributed by atoms with van der Waals surface area (Å²) < 4.78 is 0. The number of aromatic nitrogens is 1. The van der Waals surface area contributed by atoms with Crippen LogP contribution in [-0.2, 0) is 4.79 Å². The average molecular weight is 460 g/mol. The van der Waals surface area contributed by atoms with Gasteiger partial charge in [0.25, 0.3) is 5.91 Å². The highest BCUT2D eigenvalue weighted by molar-refractivity contribution is 5.99. The third-order valence-electron chi connectivity index (χ3n) is 6.64. The van der Waals surface area contributed by atoms with E-state index in [1.54, 1.807) is 11.0 Å². The van der Waals surface area contributed by atoms with Gasteiger partial charge in [0.05, 0.1) is 0 Å². The van der Waals surface area contributed by atoms with E-state index >= 15 is 0 Å². The van der Waals surface area contributed by atoms with E-state index < -0.39 is 0 Å². The van der Waals surface area contributed by atoms with E-state index in [4.69, 9.17) is 0 Å². The molecule has 2 aliphatic heterocycles. The Labute approximate surface area is 196 Å². The molecule has 32 heavy (non-hydrogen) atoms. The van der Waals surface area contributed by atoms with Crippen LogP contribution in [0.1, 0.15) is 23.2 Å². The van der Waals surface area contributed by atoms with Crippen LogP contribution in [-0.4, -0.2) is 102 Å². The molecule has 0 atom stereocenters. The number of hydrogen-bond donors (Lipinski definition) is 1. The molecular weight excluding hydrogens is 426 g/mol. The van der Waals surface area contributed by atoms with Gasteiger partial charge in [0.1, 0.15) is 6.54 Å². The second-order valence-electron chi connectivity index (χ2n) is 8.71. The van der Waals surface area contributed by atoms with Crippen molar-refractivity contribution in [2.75, 3.05) is 59.4 Å². The number of halogens is 1. The average Bonchev–Trinajstić information content (AvgIpc) is 3.27. The second kappa shape index (κ2) is 11.0. The number of amides is 2. The summed E-state index contributed by atoms with van der Waals surface area (Å²) in [5.41, 5.74) is 1.50. The molecule has 1 aromatic heterocycles. The highest BCUT2D eigenvalue weighted by Crippen LogP contribution is 2.18. The molecule has 1 N–H and O–H groups in total. The van der Waals surface area contributed by atoms with Crippen LogP contribution in [0.5, 0.6) is 0 Å². The largest absolute Gasteiger partial charge is 0.361 e. The third kappa shape index (κ3) is 5.52. The molecule has 174 valence electrons. The smallest absolute Gasteiger partial charge is 0.254 e. The maximum Gasteiger partial charge on any atom is 0.254 e. The minimum atomic E-state index is -0.144. The predicted octanol–water partition coefficient (Wildman–Crippen LogP) is 2.46. The van der Waals surface area contributed by atoms with Crippen LogP contribution < -0.4 is 0 Å². The van der Waals surface area contributed by atoms with Crippen molar-refractivity contribution in [2.45, 2.75) is 18.9 Å². The summed E-state index contributed by atoms with van der Waals surface area (Å²) in [6.45, 7) is 9.80. The summed E-state index contributed by atoms with van der Waals surface area (Å²) >= 11 is 0. The molecule has 2 aliphatic rings. The fourth-order valence-electron chi connectivity index (χ4n) is 4.70. The van der Waals surface area contributed by atoms with Gasteiger partial charge in [0, 0.05) is 56.0 Å². The van der Waals surface area contributed by atoms with Crippen molar-refractivity contribution in [3.63, 3.8) is 0 Å². The number of piperazine rings is 1. The molecule has 8 heteroatoms. The molecule has 2 amide bonds. The predicted molar refractivity (Wildman–Crippen MR) is 130 cm³/mol. The van der Waals surface area contributed by atoms with Crippen molar-refractivity contribution in [2.24, 2.45) is 0 Å². The number of carbonyl (C=O) groups is 2. The number of nitrogens with zero attached hydrogens (tertiary/aromatic N) is 4. The second-order valence-corrected chi connectivity index (χ2v) is 8.71. The molecule has 2 aromatic rings. The van der Waals surface area contributed by atoms with Gasteiger partial charge >= 0.3 is 0 Å². The number of aromatic amines is 1. The molecule has 3 heterocycles. The van der Waals surface area contributed by atoms with Crippen LogP contribution >= 0.6 is 12.4 Å². The summed E-state index contributed by atoms with van der Waals surface area (Å²) in [7, 11) is 2.18. The van der Waals surface area contributed by atoms with Crippen molar-refractivity contribution in [1.82, 2.24) is 24.6 Å². The van der Waals surface area contributed by atoms with Crippen molar-refractivity contribution in [3.8, 4) is 0 Å². The van der Waals surface area contributed by atoms with E-state index in [0.717, 1.165) is 50.2 Å². The molecule has 2 fully saturated rings. The van der Waals surface area contributed by atoms with Gasteiger partial charge in [-0.25, -0.2) is 0 Å². The SMILES string of the molecule is C=CCN(CC(=O)N1CCN(C2CCN(C)CC2)CC1)C(=O)c1ccc2cc[nH]c2c1.Cl. The Hall–Kier alpha value is -2.35. The number of hydrogen-bond acceptors (Lipinski definition) is 4. The Kier molecular flexibility index (Phi) is 8.34. The fourth-order valence-corrected chi connectivity index (χ4v) is 4.70. The number of likely N-dealkylation sites (tertiary alicyclic amines) is 1. The van der Waals surface area contributed by atoms with E-state index in [0.29, 0.717) is 18.2 Å². The van der Waals surface area contributed by atoms with Gasteiger partial charge in [-0.3, -0.25) is 14.5 Å². The topological polar surface area (TPSA) is 62.9 Å². The fraction of sp³-hybridized carbons (Fsp3) is 0.500. The lowest BCUT2D eigenvalue weighted by atomic mass is 10.0. The maximum absolute atomic E-state index is 13.1. The van der Waals surface area contributed by atoms with E-state index in [9.17, 15) is 9.59 Å². The van der Waals surface area contributed by atoms with E-state index in [1.807, 2.05) is 35.4 Å². The van der Waals surface area contributed by atoms with E-state index in [2.05, 4.69) is 28.4 Å². The first-order valence-electron chi connectivity index (χ1n) is 11.2. The Morgan fingerprint density at radius 1 is 1.12 bits per heavy atom. The molecule has 4 rings (SSSR count). The zero-order chi connectivity index (χ0) is 21.8. The molecule has 0 unspecified atom stereocenters. The van der Waals surface area contributed by atoms with Crippen molar-refractivity contribution < 1.29 is 9.59 Å². The Bertz CT molecular complexity index is 929. The minimum Gasteiger partial charge on any atom is -0.361 e. The summed E-state index contributed by atoms with van der Waals surface area (Å²) in [4.78, 5) is 37.6. The van der Waals surface area contributed by atoms with Crippen LogP contribution in [0.2, 0.25) is 0 Å². The van der Waals surface area contributed by atoms with Gasteiger partial charge in [-0.1, -0.05) is 12.1 Å². The van der Waals surface area contributed by atoms with Gasteiger partial charge < -0.3 is 19.7 Å². The van der Waals surface area contributed by atoms with Gasteiger partial charge in [-0.15, -0.1) is 19.0 Å². The zero-order valence-electron chi connectivity index (χ0n) is 18.8. The molecular formula is C24H34ClN5O2. The van der Waals surface area contributed by atoms with Gasteiger partial charge in [0.15, 0.2) is 0 Å². The maximum atomic E-state index is 13.1. The summed E-state index contributed by atoms with van der Waals surface area (Å²) in [5, 5.41) is 1.06. The molecule has 0 spiro atoms. The molecule has 1 aromatic carbocycles. The number of H-pyrrole nitrogens is 1. The molecule has 0 aliphatic carbocycles. The van der Waals surface area contributed by atoms with Crippen molar-refractivity contribution in [1.29, 1.82) is 0 Å². The standard InChI is InChI=1S/C24H33N5O2.ClH/c1-3-10-29(24(31)20-5-4-19-6-9-25-22(19)17-20)18-23(30)28-15-13-27(14-16-28)21-7-11-26(2)12-8-21;/h3-6,9,17,21,25H,1,7-8,10-16,18H2,2H3;1H. The first-order chi connectivity index (χ1) is 15.0. The van der Waals surface area contributed by atoms with Crippen LogP contribution in [0.15, 0.2) is 43.1 Å². The van der Waals surface area contributed by atoms with E-state index in [1.165, 1.54) is 12.8 Å². The highest BCUT2D eigenvalue weighted by atomic mass is 35.5. The molecule has 7 nitrogen and oxygen atoms in total. The van der Waals surface area contributed by atoms with Crippen LogP contribution in [0.4, 0.5) is 0 Å². The zero-order valence-corrected chi connectivity index (χ0v) is 19.6. The third-order valence-corrected chi connectivity index (χ3v) is 6.64. The molecule has 0 radical (unpaired) electrons. The lowest BCUT2D eigenvalue weighted by Crippen LogP contribution is -2.55. The Morgan fingerprint density at radius 3 is 2.53 bits per heavy atom. The minimum absolute atomic E-state index is 0. The van der Waals surface area contributed by atoms with Crippen LogP contribution in [0, 0.1) is 0 Å². The number of carbonyl (C=O) groups excluding carboxylic acids is 2. The monoisotopic (exact) mass is 459 g/mol. The van der Waals surface area contributed by atoms with Crippen molar-refractivity contribution in [3.05, 3.63) is 48.7 Å². The Balaban J connectivity index is 0.00000289. The lowest BCUT2D eigenvalue weighted by Gasteiger charge is -2.42. The van der Waals surface area contributed by atoms with Crippen molar-refractivity contribution >= 4 is 35.1 Å². The highest BCUT2D eigenvalue weighted by Gasteiger charge is 2.29. The van der Waals surface area contributed by atoms with Gasteiger partial charge in [-0.05, 0) is 56.6 Å². The number of fused-ring (bicyclic) bond motifs is 1. The number of piperidine rings is 1. The number of nitrogens with one attached hydrogen (secondary N) is 1. The molecule has 2 saturated heterocycles. The lowest BCUT2D eigenvalue weighted by molar-refractivity contribution is -0.134. The number of rotatable bonds is 6. The quantitative estimate of drug-likeness (QED) is 0.674.